The third-order valence-corrected chi connectivity index (χ3v) is 0.707. The van der Waals surface area contributed by atoms with Crippen molar-refractivity contribution in [3.05, 3.63) is 0 Å². The topological polar surface area (TPSA) is 46.1 Å². The molecule has 2 nitrogen and oxygen atoms in total. The molecule has 0 saturated carbocycles. The van der Waals surface area contributed by atoms with Crippen molar-refractivity contribution < 1.29 is 69.3 Å². The van der Waals surface area contributed by atoms with Gasteiger partial charge in [0, 0.05) is 0 Å². The Morgan fingerprint density at radius 2 is 1.11 bits per heavy atom. The van der Waals surface area contributed by atoms with Crippen molar-refractivity contribution in [1.82, 2.24) is 0 Å². The molecule has 0 heterocycles. The summed E-state index contributed by atoms with van der Waals surface area (Å²) in [6.07, 6.45) is -1.70. The average molecular weight is 148 g/mol. The van der Waals surface area contributed by atoms with Crippen LogP contribution in [-0.2, 0) is 0 Å². The third kappa shape index (κ3) is 9.92. The van der Waals surface area contributed by atoms with Crippen LogP contribution in [0.4, 0.5) is 0 Å². The van der Waals surface area contributed by atoms with E-state index in [0.29, 0.717) is 0 Å². The molecular formula is C5H10Na2O2. The standard InChI is InChI=1S/C5H10O2.2Na/c1-5(2,3)4(6)7;;/h4H,1-3H3;;/q-2;2*+1. The predicted octanol–water partition coefficient (Wildman–Crippen LogP) is -6.91. The molecule has 9 heavy (non-hydrogen) atoms. The van der Waals surface area contributed by atoms with E-state index in [2.05, 4.69) is 0 Å². The van der Waals surface area contributed by atoms with Gasteiger partial charge in [-0.3, -0.25) is 0 Å². The van der Waals surface area contributed by atoms with Gasteiger partial charge in [-0.2, -0.15) is 0 Å². The fourth-order valence-corrected chi connectivity index (χ4v) is 0. The van der Waals surface area contributed by atoms with Gasteiger partial charge in [-0.15, -0.1) is 0 Å². The molecular weight excluding hydrogens is 138 g/mol. The Morgan fingerprint density at radius 3 is 1.11 bits per heavy atom. The Kier molecular flexibility index (Phi) is 12.6. The first kappa shape index (κ1) is 17.1. The van der Waals surface area contributed by atoms with Crippen LogP contribution in [0.3, 0.4) is 0 Å². The van der Waals surface area contributed by atoms with Gasteiger partial charge in [-0.05, 0) is 0 Å². The maximum atomic E-state index is 9.99. The van der Waals surface area contributed by atoms with Gasteiger partial charge in [0.15, 0.2) is 0 Å². The summed E-state index contributed by atoms with van der Waals surface area (Å²) in [5.41, 5.74) is -0.611. The Bertz CT molecular complexity index is 58.5. The molecule has 0 aliphatic heterocycles. The van der Waals surface area contributed by atoms with Gasteiger partial charge in [-0.25, -0.2) is 6.29 Å². The third-order valence-electron chi connectivity index (χ3n) is 0.707. The summed E-state index contributed by atoms with van der Waals surface area (Å²) in [6, 6.07) is 0. The zero-order valence-corrected chi connectivity index (χ0v) is 10.9. The van der Waals surface area contributed by atoms with Crippen molar-refractivity contribution in [2.75, 3.05) is 0 Å². The van der Waals surface area contributed by atoms with E-state index in [9.17, 15) is 10.2 Å². The quantitative estimate of drug-likeness (QED) is 0.253. The fraction of sp³-hybridized carbons (Fsp3) is 1.00. The van der Waals surface area contributed by atoms with Gasteiger partial charge in [0.2, 0.25) is 0 Å². The van der Waals surface area contributed by atoms with Gasteiger partial charge < -0.3 is 10.2 Å². The maximum absolute atomic E-state index is 9.99. The molecule has 0 unspecified atom stereocenters. The van der Waals surface area contributed by atoms with Crippen LogP contribution in [0.25, 0.3) is 0 Å². The first-order valence-corrected chi connectivity index (χ1v) is 2.26. The maximum Gasteiger partial charge on any atom is 1.00 e. The van der Waals surface area contributed by atoms with Gasteiger partial charge >= 0.3 is 59.1 Å². The number of hydrogen-bond acceptors (Lipinski definition) is 2. The summed E-state index contributed by atoms with van der Waals surface area (Å²) in [5, 5.41) is 20.0. The smallest absolute Gasteiger partial charge is 0.865 e. The zero-order chi connectivity index (χ0) is 6.08. The summed E-state index contributed by atoms with van der Waals surface area (Å²) < 4.78 is 0. The predicted molar refractivity (Wildman–Crippen MR) is 23.2 cm³/mol. The van der Waals surface area contributed by atoms with Crippen molar-refractivity contribution >= 4 is 0 Å². The minimum atomic E-state index is -1.70. The molecule has 0 aliphatic rings. The minimum absolute atomic E-state index is 0. The second kappa shape index (κ2) is 6.62. The molecule has 0 aromatic carbocycles. The molecule has 0 spiro atoms. The number of hydrogen-bond donors (Lipinski definition) is 0. The van der Waals surface area contributed by atoms with E-state index in [0.717, 1.165) is 0 Å². The molecule has 0 bridgehead atoms. The summed E-state index contributed by atoms with van der Waals surface area (Å²) in [4.78, 5) is 0. The molecule has 0 saturated heterocycles. The molecule has 0 aliphatic carbocycles. The van der Waals surface area contributed by atoms with Crippen LogP contribution in [-0.4, -0.2) is 6.29 Å². The van der Waals surface area contributed by atoms with Gasteiger partial charge in [0.1, 0.15) is 0 Å². The fourth-order valence-electron chi connectivity index (χ4n) is 0. The van der Waals surface area contributed by atoms with Gasteiger partial charge in [0.25, 0.3) is 0 Å². The Morgan fingerprint density at radius 1 is 1.00 bits per heavy atom. The molecule has 0 amide bonds. The Labute approximate surface area is 101 Å². The average Bonchev–Trinajstić information content (AvgIpc) is 1.31. The Balaban J connectivity index is -0.000000180. The van der Waals surface area contributed by atoms with Crippen molar-refractivity contribution in [1.29, 1.82) is 0 Å². The summed E-state index contributed by atoms with van der Waals surface area (Å²) in [5.74, 6) is 0. The molecule has 0 aromatic rings. The summed E-state index contributed by atoms with van der Waals surface area (Å²) >= 11 is 0. The van der Waals surface area contributed by atoms with E-state index in [4.69, 9.17) is 0 Å². The zero-order valence-electron chi connectivity index (χ0n) is 6.89. The SMILES string of the molecule is CC(C)(C)C([O-])[O-].[Na+].[Na+]. The minimum Gasteiger partial charge on any atom is -0.865 e. The van der Waals surface area contributed by atoms with E-state index < -0.39 is 11.7 Å². The summed E-state index contributed by atoms with van der Waals surface area (Å²) in [7, 11) is 0. The van der Waals surface area contributed by atoms with E-state index in [1.165, 1.54) is 0 Å². The van der Waals surface area contributed by atoms with Crippen LogP contribution in [0, 0.1) is 5.41 Å². The van der Waals surface area contributed by atoms with Crippen molar-refractivity contribution in [3.63, 3.8) is 0 Å². The van der Waals surface area contributed by atoms with Crippen LogP contribution < -0.4 is 69.3 Å². The molecule has 0 N–H and O–H groups in total. The monoisotopic (exact) mass is 148 g/mol. The van der Waals surface area contributed by atoms with Crippen molar-refractivity contribution in [2.45, 2.75) is 27.1 Å². The first-order valence-electron chi connectivity index (χ1n) is 2.26. The molecule has 0 fully saturated rings. The largest absolute Gasteiger partial charge is 1.00 e. The van der Waals surface area contributed by atoms with Crippen LogP contribution in [0.5, 0.6) is 0 Å². The molecule has 4 heteroatoms. The second-order valence-corrected chi connectivity index (χ2v) is 2.70. The molecule has 0 atom stereocenters. The molecule has 0 rings (SSSR count). The summed E-state index contributed by atoms with van der Waals surface area (Å²) in [6.45, 7) is 4.91. The molecule has 44 valence electrons. The molecule has 0 radical (unpaired) electrons. The van der Waals surface area contributed by atoms with E-state index >= 15 is 0 Å². The van der Waals surface area contributed by atoms with Crippen molar-refractivity contribution in [3.8, 4) is 0 Å². The van der Waals surface area contributed by atoms with Crippen LogP contribution >= 0.6 is 0 Å². The van der Waals surface area contributed by atoms with Crippen molar-refractivity contribution in [2.24, 2.45) is 5.41 Å². The second-order valence-electron chi connectivity index (χ2n) is 2.70. The van der Waals surface area contributed by atoms with E-state index in [1.807, 2.05) is 0 Å². The van der Waals surface area contributed by atoms with E-state index in [1.54, 1.807) is 20.8 Å². The van der Waals surface area contributed by atoms with Gasteiger partial charge in [0.05, 0.1) is 0 Å². The van der Waals surface area contributed by atoms with Crippen LogP contribution in [0.15, 0.2) is 0 Å². The first-order chi connectivity index (χ1) is 2.94. The number of rotatable bonds is 0. The Hall–Kier alpha value is 1.92. The normalized spacial score (nSPS) is 10.0. The van der Waals surface area contributed by atoms with Gasteiger partial charge in [-0.1, -0.05) is 26.2 Å². The van der Waals surface area contributed by atoms with Crippen LogP contribution in [0.1, 0.15) is 20.8 Å². The molecule has 0 aromatic heterocycles. The van der Waals surface area contributed by atoms with E-state index in [-0.39, 0.29) is 59.1 Å². The van der Waals surface area contributed by atoms with Crippen LogP contribution in [0.2, 0.25) is 0 Å².